The average Bonchev–Trinajstić information content (AvgIpc) is 2.95. The van der Waals surface area contributed by atoms with Gasteiger partial charge in [0.25, 0.3) is 0 Å². The number of hydrogen-bond acceptors (Lipinski definition) is 5. The first kappa shape index (κ1) is 25.5. The van der Waals surface area contributed by atoms with Crippen molar-refractivity contribution in [2.45, 2.75) is 32.0 Å². The van der Waals surface area contributed by atoms with Crippen LogP contribution in [0.5, 0.6) is 0 Å². The minimum absolute atomic E-state index is 0.0155. The monoisotopic (exact) mass is 486 g/mol. The van der Waals surface area contributed by atoms with Crippen LogP contribution in [0.4, 0.5) is 0 Å². The molecular weight excluding hydrogens is 452 g/mol. The van der Waals surface area contributed by atoms with Gasteiger partial charge in [0.2, 0.25) is 11.8 Å². The number of ether oxygens (including phenoxy) is 1. The lowest BCUT2D eigenvalue weighted by atomic mass is 10.00. The molecule has 0 saturated carbocycles. The van der Waals surface area contributed by atoms with E-state index in [1.807, 2.05) is 60.7 Å². The minimum atomic E-state index is -0.0594. The average molecular weight is 487 g/mol. The maximum atomic E-state index is 12.9. The maximum absolute atomic E-state index is 12.9. The smallest absolute Gasteiger partial charge is 0.248 e. The molecule has 1 N–H and O–H groups in total. The van der Waals surface area contributed by atoms with E-state index < -0.39 is 0 Å². The molecule has 0 bridgehead atoms. The van der Waals surface area contributed by atoms with Crippen molar-refractivity contribution in [2.24, 2.45) is 0 Å². The van der Waals surface area contributed by atoms with Gasteiger partial charge in [-0.25, -0.2) is 0 Å². The Balaban J connectivity index is 1.44. The van der Waals surface area contributed by atoms with Crippen LogP contribution in [0.3, 0.4) is 0 Å². The van der Waals surface area contributed by atoms with Gasteiger partial charge in [-0.1, -0.05) is 60.7 Å². The van der Waals surface area contributed by atoms with Crippen LogP contribution in [0.15, 0.2) is 85.2 Å². The molecule has 7 heteroatoms. The van der Waals surface area contributed by atoms with E-state index in [0.29, 0.717) is 39.2 Å². The summed E-state index contributed by atoms with van der Waals surface area (Å²) < 4.78 is 5.69. The number of aromatic nitrogens is 1. The van der Waals surface area contributed by atoms with Gasteiger partial charge >= 0.3 is 0 Å². The molecule has 2 amide bonds. The number of hydrogen-bond donors (Lipinski definition) is 1. The van der Waals surface area contributed by atoms with Gasteiger partial charge in [-0.2, -0.15) is 0 Å². The van der Waals surface area contributed by atoms with E-state index in [0.717, 1.165) is 29.7 Å². The Morgan fingerprint density at radius 1 is 0.917 bits per heavy atom. The molecule has 0 aliphatic carbocycles. The Kier molecular flexibility index (Phi) is 9.59. The Morgan fingerprint density at radius 2 is 1.64 bits per heavy atom. The minimum Gasteiger partial charge on any atom is -0.367 e. The van der Waals surface area contributed by atoms with E-state index in [9.17, 15) is 9.59 Å². The molecule has 7 nitrogen and oxygen atoms in total. The molecule has 1 aliphatic rings. The number of nitrogens with zero attached hydrogens (tertiary/aromatic N) is 3. The number of carbonyl (C=O) groups excluding carboxylic acids is 2. The second kappa shape index (κ2) is 13.5. The van der Waals surface area contributed by atoms with Crippen molar-refractivity contribution in [3.8, 4) is 0 Å². The second-order valence-corrected chi connectivity index (χ2v) is 9.02. The molecule has 0 radical (unpaired) electrons. The zero-order valence-corrected chi connectivity index (χ0v) is 20.6. The molecular formula is C29H34N4O3. The maximum Gasteiger partial charge on any atom is 0.248 e. The summed E-state index contributed by atoms with van der Waals surface area (Å²) in [4.78, 5) is 34.1. The van der Waals surface area contributed by atoms with Crippen LogP contribution in [0.2, 0.25) is 0 Å². The Labute approximate surface area is 213 Å². The van der Waals surface area contributed by atoms with E-state index in [1.165, 1.54) is 0 Å². The number of rotatable bonds is 7. The molecule has 1 atom stereocenters. The van der Waals surface area contributed by atoms with Crippen molar-refractivity contribution in [3.05, 3.63) is 102 Å². The van der Waals surface area contributed by atoms with Crippen LogP contribution in [0, 0.1) is 0 Å². The van der Waals surface area contributed by atoms with Crippen LogP contribution < -0.4 is 5.32 Å². The highest BCUT2D eigenvalue weighted by Gasteiger charge is 2.25. The largest absolute Gasteiger partial charge is 0.367 e. The Hall–Kier alpha value is -3.55. The fourth-order valence-electron chi connectivity index (χ4n) is 4.53. The fraction of sp³-hybridized carbons (Fsp3) is 0.345. The van der Waals surface area contributed by atoms with E-state index >= 15 is 0 Å². The molecule has 3 aromatic rings. The normalized spacial score (nSPS) is 17.7. The standard InChI is InChI=1S/C29H34N4O3/c34-28-20-27(26-10-5-2-6-11-26)33(21-24-12-14-30-15-13-24)18-7-17-32(19-16-31-28)29(35)23-36-22-25-8-3-1-4-9-25/h1-6,8-15,27H,7,16-23H2,(H,31,34). The molecule has 1 fully saturated rings. The van der Waals surface area contributed by atoms with E-state index in [-0.39, 0.29) is 24.5 Å². The lowest BCUT2D eigenvalue weighted by molar-refractivity contribution is -0.137. The Morgan fingerprint density at radius 3 is 2.39 bits per heavy atom. The van der Waals surface area contributed by atoms with Crippen LogP contribution in [-0.4, -0.2) is 59.4 Å². The quantitative estimate of drug-likeness (QED) is 0.553. The van der Waals surface area contributed by atoms with Gasteiger partial charge in [-0.3, -0.25) is 19.5 Å². The SMILES string of the molecule is O=C1CC(c2ccccc2)N(Cc2ccncc2)CCCN(C(=O)COCc2ccccc2)CCN1. The topological polar surface area (TPSA) is 74.8 Å². The van der Waals surface area contributed by atoms with Crippen molar-refractivity contribution in [2.75, 3.05) is 32.8 Å². The van der Waals surface area contributed by atoms with Gasteiger partial charge in [0.15, 0.2) is 0 Å². The molecule has 1 aromatic heterocycles. The number of carbonyl (C=O) groups is 2. The highest BCUT2D eigenvalue weighted by molar-refractivity contribution is 5.78. The summed E-state index contributed by atoms with van der Waals surface area (Å²) in [5.41, 5.74) is 3.29. The number of amides is 2. The van der Waals surface area contributed by atoms with Crippen LogP contribution in [0.1, 0.15) is 35.6 Å². The van der Waals surface area contributed by atoms with Crippen LogP contribution in [-0.2, 0) is 27.5 Å². The zero-order valence-electron chi connectivity index (χ0n) is 20.6. The lowest BCUT2D eigenvalue weighted by Gasteiger charge is -2.32. The predicted octanol–water partition coefficient (Wildman–Crippen LogP) is 3.58. The molecule has 188 valence electrons. The van der Waals surface area contributed by atoms with Gasteiger partial charge < -0.3 is 15.0 Å². The van der Waals surface area contributed by atoms with Crippen molar-refractivity contribution < 1.29 is 14.3 Å². The third kappa shape index (κ3) is 7.73. The Bertz CT molecular complexity index is 1080. The summed E-state index contributed by atoms with van der Waals surface area (Å²) in [6.07, 6.45) is 4.75. The van der Waals surface area contributed by atoms with Crippen LogP contribution >= 0.6 is 0 Å². The molecule has 1 unspecified atom stereocenters. The van der Waals surface area contributed by atoms with Crippen LogP contribution in [0.25, 0.3) is 0 Å². The second-order valence-electron chi connectivity index (χ2n) is 9.02. The fourth-order valence-corrected chi connectivity index (χ4v) is 4.53. The molecule has 4 rings (SSSR count). The van der Waals surface area contributed by atoms with Crippen molar-refractivity contribution in [1.82, 2.24) is 20.1 Å². The first-order valence-electron chi connectivity index (χ1n) is 12.5. The predicted molar refractivity (Wildman–Crippen MR) is 139 cm³/mol. The summed E-state index contributed by atoms with van der Waals surface area (Å²) in [6.45, 7) is 3.38. The van der Waals surface area contributed by atoms with Gasteiger partial charge in [0.1, 0.15) is 6.61 Å². The van der Waals surface area contributed by atoms with Gasteiger partial charge in [0, 0.05) is 57.6 Å². The zero-order chi connectivity index (χ0) is 25.0. The van der Waals surface area contributed by atoms with E-state index in [4.69, 9.17) is 4.74 Å². The molecule has 0 spiro atoms. The number of nitrogens with one attached hydrogen (secondary N) is 1. The van der Waals surface area contributed by atoms with Crippen molar-refractivity contribution in [1.29, 1.82) is 0 Å². The highest BCUT2D eigenvalue weighted by Crippen LogP contribution is 2.27. The summed E-state index contributed by atoms with van der Waals surface area (Å²) >= 11 is 0. The van der Waals surface area contributed by atoms with Gasteiger partial charge in [-0.05, 0) is 35.2 Å². The van der Waals surface area contributed by atoms with Crippen molar-refractivity contribution in [3.63, 3.8) is 0 Å². The first-order valence-corrected chi connectivity index (χ1v) is 12.5. The summed E-state index contributed by atoms with van der Waals surface area (Å²) in [6, 6.07) is 24.0. The van der Waals surface area contributed by atoms with Crippen molar-refractivity contribution >= 4 is 11.8 Å². The van der Waals surface area contributed by atoms with Gasteiger partial charge in [0.05, 0.1) is 6.61 Å². The molecule has 1 aliphatic heterocycles. The summed E-state index contributed by atoms with van der Waals surface area (Å²) in [5.74, 6) is -0.0714. The van der Waals surface area contributed by atoms with E-state index in [2.05, 4.69) is 27.3 Å². The lowest BCUT2D eigenvalue weighted by Crippen LogP contribution is -2.40. The number of pyridine rings is 1. The molecule has 2 heterocycles. The third-order valence-corrected chi connectivity index (χ3v) is 6.41. The third-order valence-electron chi connectivity index (χ3n) is 6.41. The number of benzene rings is 2. The molecule has 36 heavy (non-hydrogen) atoms. The molecule has 2 aromatic carbocycles. The summed E-state index contributed by atoms with van der Waals surface area (Å²) in [7, 11) is 0. The highest BCUT2D eigenvalue weighted by atomic mass is 16.5. The van der Waals surface area contributed by atoms with E-state index in [1.54, 1.807) is 17.3 Å². The first-order chi connectivity index (χ1) is 17.7. The summed E-state index contributed by atoms with van der Waals surface area (Å²) in [5, 5.41) is 3.02. The molecule has 1 saturated heterocycles. The van der Waals surface area contributed by atoms with Gasteiger partial charge in [-0.15, -0.1) is 0 Å².